The van der Waals surface area contributed by atoms with Gasteiger partial charge in [-0.1, -0.05) is 0 Å². The number of nitrogens with zero attached hydrogens (tertiary/aromatic N) is 3. The van der Waals surface area contributed by atoms with Gasteiger partial charge in [-0.3, -0.25) is 19.1 Å². The summed E-state index contributed by atoms with van der Waals surface area (Å²) in [5.74, 6) is -2.15. The number of carbonyl (C=O) groups excluding carboxylic acids is 1. The number of nitrogens with one attached hydrogen (secondary N) is 2. The van der Waals surface area contributed by atoms with Crippen LogP contribution in [-0.4, -0.2) is 63.7 Å². The Morgan fingerprint density at radius 3 is 2.56 bits per heavy atom. The molecule has 2 heterocycles. The first-order valence-corrected chi connectivity index (χ1v) is 13.2. The van der Waals surface area contributed by atoms with Crippen LogP contribution in [0.25, 0.3) is 0 Å². The van der Waals surface area contributed by atoms with E-state index < -0.39 is 50.2 Å². The minimum Gasteiger partial charge on any atom is -0.350 e. The van der Waals surface area contributed by atoms with E-state index in [1.807, 2.05) is 43.8 Å². The molecule has 4 atom stereocenters. The molecule has 1 fully saturated rings. The van der Waals surface area contributed by atoms with Gasteiger partial charge in [-0.2, -0.15) is 18.4 Å². The van der Waals surface area contributed by atoms with Gasteiger partial charge in [0.05, 0.1) is 35.3 Å². The highest BCUT2D eigenvalue weighted by Gasteiger charge is 2.45. The van der Waals surface area contributed by atoms with E-state index in [1.165, 1.54) is 6.20 Å². The maximum Gasteiger partial charge on any atom is 0.471 e. The first-order chi connectivity index (χ1) is 16.8. The van der Waals surface area contributed by atoms with Crippen LogP contribution in [0, 0.1) is 14.9 Å². The van der Waals surface area contributed by atoms with Crippen LogP contribution in [0.1, 0.15) is 46.8 Å². The van der Waals surface area contributed by atoms with Gasteiger partial charge < -0.3 is 19.1 Å². The lowest BCUT2D eigenvalue weighted by molar-refractivity contribution is -0.174. The molecule has 2 rings (SSSR count). The molecule has 0 aliphatic carbocycles. The highest BCUT2D eigenvalue weighted by molar-refractivity contribution is 14.1. The van der Waals surface area contributed by atoms with E-state index in [4.69, 9.17) is 19.0 Å². The van der Waals surface area contributed by atoms with Crippen molar-refractivity contribution in [1.82, 2.24) is 19.5 Å². The third-order valence-corrected chi connectivity index (χ3v) is 7.90. The number of aromatic amines is 1. The molecule has 0 bridgehead atoms. The van der Waals surface area contributed by atoms with Gasteiger partial charge in [-0.05, 0) is 50.3 Å². The second-order valence-electron chi connectivity index (χ2n) is 8.43. The molecule has 16 heteroatoms. The topological polar surface area (TPSA) is 139 Å². The maximum atomic E-state index is 13.0. The van der Waals surface area contributed by atoms with Gasteiger partial charge in [0.15, 0.2) is 0 Å². The Kier molecular flexibility index (Phi) is 11.3. The Morgan fingerprint density at radius 2 is 2.00 bits per heavy atom. The van der Waals surface area contributed by atoms with Crippen LogP contribution in [0.3, 0.4) is 0 Å². The van der Waals surface area contributed by atoms with Crippen LogP contribution in [0.2, 0.25) is 0 Å². The monoisotopic (exact) mass is 649 g/mol. The van der Waals surface area contributed by atoms with E-state index in [-0.39, 0.29) is 41.7 Å². The molecule has 2 N–H and O–H groups in total. The zero-order valence-electron chi connectivity index (χ0n) is 20.0. The molecule has 1 amide bonds. The molecule has 1 aromatic rings. The van der Waals surface area contributed by atoms with Crippen molar-refractivity contribution in [3.8, 4) is 6.07 Å². The van der Waals surface area contributed by atoms with Crippen LogP contribution in [0.15, 0.2) is 15.8 Å². The van der Waals surface area contributed by atoms with Gasteiger partial charge in [-0.25, -0.2) is 9.46 Å². The first-order valence-electron chi connectivity index (χ1n) is 11.0. The first kappa shape index (κ1) is 30.7. The minimum atomic E-state index is -5.12. The summed E-state index contributed by atoms with van der Waals surface area (Å²) in [6.45, 7) is 7.51. The summed E-state index contributed by atoms with van der Waals surface area (Å²) >= 11 is 1.71. The number of hydrogen-bond donors (Lipinski definition) is 2. The van der Waals surface area contributed by atoms with Crippen molar-refractivity contribution >= 4 is 37.0 Å². The summed E-state index contributed by atoms with van der Waals surface area (Å²) in [5, 5.41) is 10.8. The Labute approximate surface area is 220 Å². The summed E-state index contributed by atoms with van der Waals surface area (Å²) in [7, 11) is -1.73. The molecule has 1 aliphatic rings. The molecule has 0 aromatic carbocycles. The normalized spacial score (nSPS) is 21.2. The maximum absolute atomic E-state index is 13.0. The number of hydrogen-bond acceptors (Lipinski definition) is 8. The Balaban J connectivity index is 2.29. The van der Waals surface area contributed by atoms with Crippen LogP contribution >= 0.6 is 31.1 Å². The van der Waals surface area contributed by atoms with Crippen molar-refractivity contribution in [3.63, 3.8) is 0 Å². The van der Waals surface area contributed by atoms with Crippen molar-refractivity contribution < 1.29 is 31.8 Å². The van der Waals surface area contributed by atoms with Crippen molar-refractivity contribution in [1.29, 1.82) is 5.26 Å². The predicted molar refractivity (Wildman–Crippen MR) is 132 cm³/mol. The van der Waals surface area contributed by atoms with Gasteiger partial charge in [0.1, 0.15) is 12.3 Å². The lowest BCUT2D eigenvalue weighted by Gasteiger charge is -2.36. The van der Waals surface area contributed by atoms with Gasteiger partial charge in [0.25, 0.3) is 14.1 Å². The molecule has 202 valence electrons. The molecule has 11 nitrogen and oxygen atoms in total. The highest BCUT2D eigenvalue weighted by Crippen LogP contribution is 2.46. The van der Waals surface area contributed by atoms with Crippen LogP contribution in [0.5, 0.6) is 0 Å². The fourth-order valence-corrected chi connectivity index (χ4v) is 5.64. The van der Waals surface area contributed by atoms with Crippen LogP contribution < -0.4 is 16.6 Å². The Bertz CT molecular complexity index is 1050. The standard InChI is InChI=1S/C20H28F3IN5O6P/c1-11(2)29(12(3)4)36(33-7-5-6-25)34-10-15-14(26-18(31)20(21,22)23)8-16(35-15)28-9-13(24)17(30)27-19(28)32/h9,11-12,14-16H,5,7-8,10H2,1-4H3,(H,26,31)(H,27,30,32)/t14-,15+,16+,36?/m0/s1. The molecule has 0 saturated carbocycles. The summed E-state index contributed by atoms with van der Waals surface area (Å²) in [6, 6.07) is 0.791. The highest BCUT2D eigenvalue weighted by atomic mass is 127. The third-order valence-electron chi connectivity index (χ3n) is 5.06. The van der Waals surface area contributed by atoms with Gasteiger partial charge in [-0.15, -0.1) is 0 Å². The zero-order chi connectivity index (χ0) is 27.2. The van der Waals surface area contributed by atoms with Gasteiger partial charge in [0.2, 0.25) is 0 Å². The van der Waals surface area contributed by atoms with Crippen molar-refractivity contribution in [3.05, 3.63) is 30.6 Å². The average molecular weight is 649 g/mol. The number of aromatic nitrogens is 2. The fourth-order valence-electron chi connectivity index (χ4n) is 3.58. The average Bonchev–Trinajstić information content (AvgIpc) is 3.15. The number of halogens is 4. The molecule has 36 heavy (non-hydrogen) atoms. The fraction of sp³-hybridized carbons (Fsp3) is 0.700. The quantitative estimate of drug-likeness (QED) is 0.212. The number of alkyl halides is 3. The number of ether oxygens (including phenoxy) is 1. The summed E-state index contributed by atoms with van der Waals surface area (Å²) in [6.07, 6.45) is -6.08. The van der Waals surface area contributed by atoms with E-state index in [9.17, 15) is 27.6 Å². The van der Waals surface area contributed by atoms with Crippen LogP contribution in [-0.2, 0) is 18.6 Å². The van der Waals surface area contributed by atoms with Gasteiger partial charge >= 0.3 is 17.8 Å². The molecule has 1 unspecified atom stereocenters. The number of amides is 1. The summed E-state index contributed by atoms with van der Waals surface area (Å²) in [5.41, 5.74) is -1.42. The number of rotatable bonds is 11. The van der Waals surface area contributed by atoms with Crippen molar-refractivity contribution in [2.75, 3.05) is 13.2 Å². The van der Waals surface area contributed by atoms with E-state index in [2.05, 4.69) is 4.98 Å². The molecule has 1 aromatic heterocycles. The predicted octanol–water partition coefficient (Wildman–Crippen LogP) is 2.77. The largest absolute Gasteiger partial charge is 0.471 e. The minimum absolute atomic E-state index is 0.0158. The Hall–Kier alpha value is -1.57. The number of H-pyrrole nitrogens is 1. The van der Waals surface area contributed by atoms with Crippen molar-refractivity contribution in [2.45, 2.75) is 77.2 Å². The van der Waals surface area contributed by atoms with E-state index in [0.29, 0.717) is 0 Å². The van der Waals surface area contributed by atoms with E-state index in [1.54, 1.807) is 22.6 Å². The third kappa shape index (κ3) is 8.22. The summed E-state index contributed by atoms with van der Waals surface area (Å²) in [4.78, 5) is 37.8. The molecule has 1 saturated heterocycles. The molecule has 0 radical (unpaired) electrons. The van der Waals surface area contributed by atoms with Crippen molar-refractivity contribution in [2.24, 2.45) is 0 Å². The molecular formula is C20H28F3IN5O6P. The zero-order valence-corrected chi connectivity index (χ0v) is 23.1. The van der Waals surface area contributed by atoms with E-state index >= 15 is 0 Å². The lowest BCUT2D eigenvalue weighted by Crippen LogP contribution is -2.47. The second kappa shape index (κ2) is 13.3. The SMILES string of the molecule is CC(C)N(C(C)C)P(OCCC#N)OC[C@H]1O[C@@H](n2cc(I)c(=O)[nH]c2=O)C[C@@H]1NC(=O)C(F)(F)F. The number of nitriles is 1. The summed E-state index contributed by atoms with van der Waals surface area (Å²) < 4.78 is 59.6. The Morgan fingerprint density at radius 1 is 1.36 bits per heavy atom. The molecule has 1 aliphatic heterocycles. The number of carbonyl (C=O) groups is 1. The second-order valence-corrected chi connectivity index (χ2v) is 11.0. The smallest absolute Gasteiger partial charge is 0.350 e. The molecular weight excluding hydrogens is 621 g/mol. The van der Waals surface area contributed by atoms with Gasteiger partial charge in [0, 0.05) is 24.7 Å². The lowest BCUT2D eigenvalue weighted by atomic mass is 10.1. The molecule has 0 spiro atoms. The van der Waals surface area contributed by atoms with Crippen LogP contribution in [0.4, 0.5) is 13.2 Å². The van der Waals surface area contributed by atoms with E-state index in [0.717, 1.165) is 4.57 Å².